The normalized spacial score (nSPS) is 20.3. The van der Waals surface area contributed by atoms with Crippen LogP contribution in [0.1, 0.15) is 43.0 Å². The number of hydrogen-bond donors (Lipinski definition) is 0. The van der Waals surface area contributed by atoms with Crippen LogP contribution in [0.2, 0.25) is 0 Å². The maximum atomic E-state index is 14.8. The highest BCUT2D eigenvalue weighted by Gasteiger charge is 2.36. The molecule has 2 fully saturated rings. The number of aromatic nitrogens is 2. The van der Waals surface area contributed by atoms with Gasteiger partial charge in [0.15, 0.2) is 5.79 Å². The number of ether oxygens (including phenoxy) is 3. The fourth-order valence-corrected chi connectivity index (χ4v) is 6.23. The van der Waals surface area contributed by atoms with Gasteiger partial charge in [-0.25, -0.2) is 9.18 Å². The van der Waals surface area contributed by atoms with Crippen LogP contribution in [0, 0.1) is 12.7 Å². The topological polar surface area (TPSA) is 57.9 Å². The molecule has 2 aliphatic heterocycles. The van der Waals surface area contributed by atoms with Gasteiger partial charge in [0.1, 0.15) is 29.8 Å². The number of alkyl halides is 3. The zero-order chi connectivity index (χ0) is 30.5. The highest BCUT2D eigenvalue weighted by Crippen LogP contribution is 2.36. The molecule has 0 saturated carbocycles. The standard InChI is InChI=1S/C32H33F4N3O4/c1-20-8-6-11-25(33)28(20)37-15-14-22(17-37)39-26-12-7-13-27(41-18-23-19-42-31(2,3)43-23)29(26)38(30(39)40)16-21-9-4-5-10-24(21)32(34,35)36/h4-13,22-23H,14-19H2,1-3H3. The second-order valence-corrected chi connectivity index (χ2v) is 11.6. The Kier molecular flexibility index (Phi) is 7.50. The second-order valence-electron chi connectivity index (χ2n) is 11.6. The third-order valence-electron chi connectivity index (χ3n) is 8.12. The predicted octanol–water partition coefficient (Wildman–Crippen LogP) is 6.30. The van der Waals surface area contributed by atoms with E-state index in [1.807, 2.05) is 17.9 Å². The molecule has 1 aromatic heterocycles. The number of aryl methyl sites for hydroxylation is 1. The van der Waals surface area contributed by atoms with E-state index in [1.54, 1.807) is 42.7 Å². The van der Waals surface area contributed by atoms with Gasteiger partial charge in [-0.1, -0.05) is 36.4 Å². The maximum Gasteiger partial charge on any atom is 0.416 e. The molecule has 2 aliphatic rings. The number of halogens is 4. The molecule has 2 atom stereocenters. The molecular formula is C32H33F4N3O4. The Morgan fingerprint density at radius 1 is 1.05 bits per heavy atom. The van der Waals surface area contributed by atoms with Crippen LogP contribution in [0.5, 0.6) is 5.75 Å². The Balaban J connectivity index is 1.42. The summed E-state index contributed by atoms with van der Waals surface area (Å²) >= 11 is 0. The van der Waals surface area contributed by atoms with Crippen molar-refractivity contribution in [2.45, 2.75) is 57.8 Å². The highest BCUT2D eigenvalue weighted by atomic mass is 19.4. The largest absolute Gasteiger partial charge is 0.489 e. The van der Waals surface area contributed by atoms with Crippen molar-refractivity contribution >= 4 is 16.7 Å². The Morgan fingerprint density at radius 2 is 1.81 bits per heavy atom. The molecule has 2 saturated heterocycles. The van der Waals surface area contributed by atoms with Crippen molar-refractivity contribution in [3.05, 3.63) is 93.7 Å². The quantitative estimate of drug-likeness (QED) is 0.234. The molecule has 7 nitrogen and oxygen atoms in total. The van der Waals surface area contributed by atoms with Gasteiger partial charge in [0.05, 0.1) is 36.0 Å². The van der Waals surface area contributed by atoms with Crippen LogP contribution >= 0.6 is 0 Å². The van der Waals surface area contributed by atoms with Crippen molar-refractivity contribution in [2.24, 2.45) is 0 Å². The van der Waals surface area contributed by atoms with Crippen LogP contribution in [0.15, 0.2) is 65.5 Å². The molecule has 0 amide bonds. The monoisotopic (exact) mass is 599 g/mol. The van der Waals surface area contributed by atoms with Gasteiger partial charge in [-0.15, -0.1) is 0 Å². The molecule has 11 heteroatoms. The molecule has 0 aliphatic carbocycles. The van der Waals surface area contributed by atoms with Crippen molar-refractivity contribution in [3.63, 3.8) is 0 Å². The van der Waals surface area contributed by atoms with Gasteiger partial charge in [0.25, 0.3) is 0 Å². The van der Waals surface area contributed by atoms with Crippen LogP contribution in [0.4, 0.5) is 23.2 Å². The Morgan fingerprint density at radius 3 is 2.53 bits per heavy atom. The van der Waals surface area contributed by atoms with Crippen LogP contribution in [-0.2, 0) is 22.2 Å². The zero-order valence-corrected chi connectivity index (χ0v) is 24.2. The summed E-state index contributed by atoms with van der Waals surface area (Å²) in [6.07, 6.45) is -4.39. The zero-order valence-electron chi connectivity index (χ0n) is 24.2. The van der Waals surface area contributed by atoms with Crippen LogP contribution in [-0.4, -0.2) is 47.3 Å². The van der Waals surface area contributed by atoms with Crippen molar-refractivity contribution in [1.29, 1.82) is 0 Å². The molecule has 3 heterocycles. The van der Waals surface area contributed by atoms with Crippen molar-refractivity contribution in [3.8, 4) is 5.75 Å². The van der Waals surface area contributed by atoms with Crippen molar-refractivity contribution in [2.75, 3.05) is 31.2 Å². The molecule has 228 valence electrons. The second kappa shape index (κ2) is 11.0. The molecule has 4 aromatic rings. The van der Waals surface area contributed by atoms with E-state index >= 15 is 0 Å². The number of imidazole rings is 1. The lowest BCUT2D eigenvalue weighted by Crippen LogP contribution is -2.30. The Labute approximate surface area is 246 Å². The minimum absolute atomic E-state index is 0.0322. The van der Waals surface area contributed by atoms with Crippen molar-refractivity contribution in [1.82, 2.24) is 9.13 Å². The van der Waals surface area contributed by atoms with E-state index in [-0.39, 0.29) is 36.7 Å². The first-order valence-corrected chi connectivity index (χ1v) is 14.3. The summed E-state index contributed by atoms with van der Waals surface area (Å²) in [5.74, 6) is -0.736. The molecule has 0 bridgehead atoms. The number of rotatable bonds is 7. The molecule has 2 unspecified atom stereocenters. The number of benzene rings is 3. The van der Waals surface area contributed by atoms with Gasteiger partial charge in [-0.2, -0.15) is 13.2 Å². The molecule has 3 aromatic carbocycles. The third kappa shape index (κ3) is 5.63. The first-order chi connectivity index (χ1) is 20.4. The first kappa shape index (κ1) is 29.3. The van der Waals surface area contributed by atoms with Crippen LogP contribution in [0.25, 0.3) is 11.0 Å². The minimum atomic E-state index is -4.59. The SMILES string of the molecule is Cc1cccc(F)c1N1CCC(n2c(=O)n(Cc3ccccc3C(F)(F)F)c3c(OCC4COC(C)(C)O4)cccc32)C1. The van der Waals surface area contributed by atoms with Gasteiger partial charge in [-0.3, -0.25) is 9.13 Å². The van der Waals surface area contributed by atoms with Crippen LogP contribution in [0.3, 0.4) is 0 Å². The molecular weight excluding hydrogens is 566 g/mol. The summed E-state index contributed by atoms with van der Waals surface area (Å²) in [7, 11) is 0. The molecule has 43 heavy (non-hydrogen) atoms. The van der Waals surface area contributed by atoms with Gasteiger partial charge in [-0.05, 0) is 62.6 Å². The van der Waals surface area contributed by atoms with Crippen LogP contribution < -0.4 is 15.3 Å². The molecule has 0 N–H and O–H groups in total. The third-order valence-corrected chi connectivity index (χ3v) is 8.12. The van der Waals surface area contributed by atoms with Crippen molar-refractivity contribution < 1.29 is 31.8 Å². The number of fused-ring (bicyclic) bond motifs is 1. The fourth-order valence-electron chi connectivity index (χ4n) is 6.23. The number of hydrogen-bond acceptors (Lipinski definition) is 5. The molecule has 6 rings (SSSR count). The number of nitrogens with zero attached hydrogens (tertiary/aromatic N) is 3. The molecule has 0 spiro atoms. The summed E-state index contributed by atoms with van der Waals surface area (Å²) < 4.78 is 77.3. The van der Waals surface area contributed by atoms with Gasteiger partial charge in [0, 0.05) is 13.1 Å². The lowest BCUT2D eigenvalue weighted by molar-refractivity contribution is -0.141. The first-order valence-electron chi connectivity index (χ1n) is 14.3. The van der Waals surface area contributed by atoms with E-state index in [0.717, 1.165) is 11.6 Å². The van der Waals surface area contributed by atoms with Gasteiger partial charge < -0.3 is 19.1 Å². The number of para-hydroxylation sites is 2. The van der Waals surface area contributed by atoms with E-state index in [2.05, 4.69) is 0 Å². The summed E-state index contributed by atoms with van der Waals surface area (Å²) in [4.78, 5) is 16.1. The molecule has 0 radical (unpaired) electrons. The predicted molar refractivity (Wildman–Crippen MR) is 154 cm³/mol. The average molecular weight is 600 g/mol. The van der Waals surface area contributed by atoms with E-state index in [9.17, 15) is 22.4 Å². The summed E-state index contributed by atoms with van der Waals surface area (Å²) in [5, 5.41) is 0. The minimum Gasteiger partial charge on any atom is -0.489 e. The van der Waals surface area contributed by atoms with E-state index in [1.165, 1.54) is 28.8 Å². The summed E-state index contributed by atoms with van der Waals surface area (Å²) in [6, 6.07) is 15.0. The lowest BCUT2D eigenvalue weighted by Gasteiger charge is -2.22. The average Bonchev–Trinajstić information content (AvgIpc) is 3.63. The summed E-state index contributed by atoms with van der Waals surface area (Å²) in [5.41, 5.74) is 0.915. The summed E-state index contributed by atoms with van der Waals surface area (Å²) in [6.45, 7) is 6.48. The lowest BCUT2D eigenvalue weighted by atomic mass is 10.1. The van der Waals surface area contributed by atoms with Gasteiger partial charge >= 0.3 is 11.9 Å². The Hall–Kier alpha value is -3.83. The fraction of sp³-hybridized carbons (Fsp3) is 0.406. The Bertz CT molecular complexity index is 1690. The van der Waals surface area contributed by atoms with Gasteiger partial charge in [0.2, 0.25) is 0 Å². The van der Waals surface area contributed by atoms with E-state index in [0.29, 0.717) is 48.6 Å². The number of anilines is 1. The maximum absolute atomic E-state index is 14.8. The highest BCUT2D eigenvalue weighted by molar-refractivity contribution is 5.83. The van der Waals surface area contributed by atoms with E-state index in [4.69, 9.17) is 14.2 Å². The van der Waals surface area contributed by atoms with E-state index < -0.39 is 23.2 Å². The smallest absolute Gasteiger partial charge is 0.416 e.